The van der Waals surface area contributed by atoms with E-state index < -0.39 is 107 Å². The van der Waals surface area contributed by atoms with Crippen molar-refractivity contribution < 1.29 is 97.9 Å². The Bertz CT molecular complexity index is 3920. The predicted molar refractivity (Wildman–Crippen MR) is 369 cm³/mol. The Morgan fingerprint density at radius 1 is 0.388 bits per heavy atom. The standard InChI is InChI=1S/C25H30N2O10.C25H31NO8.C24H26N2O6/c1-35-22-11-19(21(27(33)34)12-23(22)36-2)25(37-24(30)8-15-6-4-3-5-7-15)18-9-16(13-28)17(14-29)10-20(18)26(31)32;1-32-22-9-8-17(13-23(22)33-2)25(34-24(29)10-16-6-4-3-5-7-16)20-11-18(14-27)19(15-28)12-21(20)26(30)31;25-13-17-6-8-18(9-7-17)24(32-23(29)10-16-4-2-1-3-5-16)21-11-19(14-27)20(15-28)12-22(21)26(30)31/h9-12,15,25,28-29H,3-8,13-14H2,1-2H3;8-9,11-13,16,25,27-28H,3-7,10,14-15H2,1-2H3;6-9,11-12,16,24,27-28H,1-5,10,14-15H2. The third kappa shape index (κ3) is 21.2. The van der Waals surface area contributed by atoms with Crippen molar-refractivity contribution in [2.45, 2.75) is 174 Å². The molecule has 3 aliphatic rings. The van der Waals surface area contributed by atoms with Crippen molar-refractivity contribution in [1.82, 2.24) is 0 Å². The molecule has 0 aliphatic heterocycles. The smallest absolute Gasteiger partial charge is 0.307 e. The summed E-state index contributed by atoms with van der Waals surface area (Å²) in [7, 11) is 5.58. The lowest BCUT2D eigenvalue weighted by Gasteiger charge is -2.24. The zero-order valence-corrected chi connectivity index (χ0v) is 57.9. The topological polar surface area (TPSA) is 434 Å². The van der Waals surface area contributed by atoms with Gasteiger partial charge in [0.15, 0.2) is 41.3 Å². The lowest BCUT2D eigenvalue weighted by molar-refractivity contribution is -0.387. The van der Waals surface area contributed by atoms with Crippen LogP contribution >= 0.6 is 0 Å². The number of nitrogens with zero attached hydrogens (tertiary/aromatic N) is 5. The number of hydrogen-bond donors (Lipinski definition) is 6. The van der Waals surface area contributed by atoms with E-state index in [4.69, 9.17) is 38.4 Å². The SMILES string of the molecule is COc1cc(C(OC(=O)CC2CCCCC2)c2cc(CO)c(CO)cc2[N+](=O)[O-])c([N+](=O)[O-])cc1OC.COc1ccc(C(OC(=O)CC2CCCCC2)c2cc(CO)c(CO)cc2[N+](=O)[O-])cc1OC.N#Cc1ccc(C(OC(=O)CC2CCCCC2)c2cc(CO)c(CO)cc2[N+](=O)[O-])cc1. The van der Waals surface area contributed by atoms with Crippen molar-refractivity contribution in [3.63, 3.8) is 0 Å². The molecule has 3 atom stereocenters. The molecule has 0 amide bonds. The number of nitro benzene ring substituents is 4. The molecule has 6 aromatic carbocycles. The van der Waals surface area contributed by atoms with Gasteiger partial charge >= 0.3 is 17.9 Å². The first-order chi connectivity index (χ1) is 49.6. The van der Waals surface area contributed by atoms with Crippen molar-refractivity contribution in [2.24, 2.45) is 17.8 Å². The molecule has 6 aromatic rings. The van der Waals surface area contributed by atoms with Crippen LogP contribution in [0.4, 0.5) is 22.7 Å². The van der Waals surface area contributed by atoms with Gasteiger partial charge in [-0.3, -0.25) is 54.8 Å². The van der Waals surface area contributed by atoms with Gasteiger partial charge in [0.2, 0.25) is 0 Å². The van der Waals surface area contributed by atoms with Crippen molar-refractivity contribution in [3.05, 3.63) is 204 Å². The molecule has 3 aliphatic carbocycles. The van der Waals surface area contributed by atoms with E-state index in [9.17, 15) is 85.5 Å². The summed E-state index contributed by atoms with van der Waals surface area (Å²) in [5.41, 5.74) is 0.907. The number of hydrogen-bond acceptors (Lipinski definition) is 25. The highest BCUT2D eigenvalue weighted by Crippen LogP contribution is 2.46. The van der Waals surface area contributed by atoms with Gasteiger partial charge in [-0.05, 0) is 144 Å². The van der Waals surface area contributed by atoms with E-state index >= 15 is 0 Å². The molecule has 0 bridgehead atoms. The lowest BCUT2D eigenvalue weighted by atomic mass is 9.87. The van der Waals surface area contributed by atoms with Crippen molar-refractivity contribution >= 4 is 40.7 Å². The van der Waals surface area contributed by atoms with E-state index in [1.807, 2.05) is 6.07 Å². The fourth-order valence-corrected chi connectivity index (χ4v) is 13.4. The Balaban J connectivity index is 0.000000217. The molecule has 9 rings (SSSR count). The predicted octanol–water partition coefficient (Wildman–Crippen LogP) is 12.4. The summed E-state index contributed by atoms with van der Waals surface area (Å²) in [5, 5.41) is 115. The molecule has 0 aromatic heterocycles. The first-order valence-corrected chi connectivity index (χ1v) is 33.9. The highest BCUT2D eigenvalue weighted by molar-refractivity contribution is 5.73. The van der Waals surface area contributed by atoms with Crippen molar-refractivity contribution in [3.8, 4) is 29.1 Å². The molecule has 103 heavy (non-hydrogen) atoms. The lowest BCUT2D eigenvalue weighted by Crippen LogP contribution is -2.19. The van der Waals surface area contributed by atoms with Crippen LogP contribution in [-0.4, -0.2) is 96.7 Å². The van der Waals surface area contributed by atoms with Crippen molar-refractivity contribution in [1.29, 1.82) is 5.26 Å². The number of carbonyl (C=O) groups is 3. The molecule has 0 heterocycles. The molecule has 6 N–H and O–H groups in total. The number of ether oxygens (including phenoxy) is 7. The maximum absolute atomic E-state index is 13.1. The minimum atomic E-state index is -1.57. The first kappa shape index (κ1) is 80.1. The number of aliphatic hydroxyl groups excluding tert-OH is 6. The number of esters is 3. The summed E-state index contributed by atoms with van der Waals surface area (Å²) in [6.45, 7) is -2.97. The quantitative estimate of drug-likeness (QED) is 0.0110. The molecule has 0 saturated heterocycles. The molecule has 3 fully saturated rings. The van der Waals surface area contributed by atoms with E-state index in [-0.39, 0.29) is 104 Å². The molecule has 0 radical (unpaired) electrons. The highest BCUT2D eigenvalue weighted by Gasteiger charge is 2.37. The Morgan fingerprint density at radius 3 is 1.00 bits per heavy atom. The Hall–Kier alpha value is -10.2. The van der Waals surface area contributed by atoms with Gasteiger partial charge < -0.3 is 63.8 Å². The normalized spacial score (nSPS) is 14.8. The van der Waals surface area contributed by atoms with E-state index in [0.29, 0.717) is 39.3 Å². The van der Waals surface area contributed by atoms with Crippen LogP contribution in [0.25, 0.3) is 0 Å². The summed E-state index contributed by atoms with van der Waals surface area (Å²) in [6, 6.07) is 23.1. The number of nitro groups is 4. The molecule has 29 nitrogen and oxygen atoms in total. The molecule has 0 spiro atoms. The maximum Gasteiger partial charge on any atom is 0.307 e. The monoisotopic (exact) mass is 1430 g/mol. The molecule has 3 saturated carbocycles. The van der Waals surface area contributed by atoms with E-state index in [2.05, 4.69) is 0 Å². The highest BCUT2D eigenvalue weighted by atomic mass is 16.6. The van der Waals surface area contributed by atoms with E-state index in [1.54, 1.807) is 42.5 Å². The van der Waals surface area contributed by atoms with Gasteiger partial charge in [-0.2, -0.15) is 5.26 Å². The third-order valence-electron chi connectivity index (χ3n) is 18.9. The number of rotatable bonds is 29. The van der Waals surface area contributed by atoms with Crippen molar-refractivity contribution in [2.75, 3.05) is 28.4 Å². The largest absolute Gasteiger partial charge is 0.493 e. The fraction of sp³-hybridized carbons (Fsp3) is 0.459. The summed E-state index contributed by atoms with van der Waals surface area (Å²) in [5.74, 6) is -0.0289. The molecular formula is C74H87N5O24. The number of benzene rings is 6. The van der Waals surface area contributed by atoms with Gasteiger partial charge in [-0.1, -0.05) is 76.0 Å². The fourth-order valence-electron chi connectivity index (χ4n) is 13.4. The molecular weight excluding hydrogens is 1340 g/mol. The van der Waals surface area contributed by atoms with Gasteiger partial charge in [-0.15, -0.1) is 0 Å². The van der Waals surface area contributed by atoms with Crippen LogP contribution < -0.4 is 18.9 Å². The van der Waals surface area contributed by atoms with E-state index in [0.717, 1.165) is 108 Å². The summed E-state index contributed by atoms with van der Waals surface area (Å²) in [4.78, 5) is 84.0. The van der Waals surface area contributed by atoms with Crippen LogP contribution in [0.5, 0.6) is 23.0 Å². The Kier molecular flexibility index (Phi) is 30.5. The number of methoxy groups -OCH3 is 4. The maximum atomic E-state index is 13.1. The van der Waals surface area contributed by atoms with Gasteiger partial charge in [0.05, 0.1) is 128 Å². The van der Waals surface area contributed by atoms with Crippen LogP contribution in [0.3, 0.4) is 0 Å². The number of nitriles is 1. The Labute approximate surface area is 594 Å². The molecule has 29 heteroatoms. The summed E-state index contributed by atoms with van der Waals surface area (Å²) < 4.78 is 38.6. The summed E-state index contributed by atoms with van der Waals surface area (Å²) >= 11 is 0. The molecule has 552 valence electrons. The van der Waals surface area contributed by atoms with E-state index in [1.165, 1.54) is 64.8 Å². The second kappa shape index (κ2) is 39.3. The molecule has 3 unspecified atom stereocenters. The van der Waals surface area contributed by atoms with Crippen LogP contribution in [0.2, 0.25) is 0 Å². The third-order valence-corrected chi connectivity index (χ3v) is 18.9. The average molecular weight is 1430 g/mol. The van der Waals surface area contributed by atoms with Crippen LogP contribution in [0, 0.1) is 69.5 Å². The zero-order chi connectivity index (χ0) is 74.9. The minimum absolute atomic E-state index is 0.0476. The number of carbonyl (C=O) groups excluding carboxylic acids is 3. The average Bonchev–Trinajstić information content (AvgIpc) is 0.785. The van der Waals surface area contributed by atoms with Crippen LogP contribution in [0.1, 0.15) is 206 Å². The van der Waals surface area contributed by atoms with Gasteiger partial charge in [0.25, 0.3) is 22.7 Å². The first-order valence-electron chi connectivity index (χ1n) is 33.9. The second-order valence-corrected chi connectivity index (χ2v) is 25.4. The second-order valence-electron chi connectivity index (χ2n) is 25.4. The minimum Gasteiger partial charge on any atom is -0.493 e. The van der Waals surface area contributed by atoms with Gasteiger partial charge in [-0.25, -0.2) is 0 Å². The Morgan fingerprint density at radius 2 is 0.670 bits per heavy atom. The number of aliphatic hydroxyl groups is 6. The van der Waals surface area contributed by atoms with Gasteiger partial charge in [0.1, 0.15) is 0 Å². The summed E-state index contributed by atoms with van der Waals surface area (Å²) in [6.07, 6.45) is 11.9. The van der Waals surface area contributed by atoms with Crippen LogP contribution in [-0.2, 0) is 68.2 Å². The van der Waals surface area contributed by atoms with Crippen LogP contribution in [0.15, 0.2) is 91.0 Å². The van der Waals surface area contributed by atoms with Gasteiger partial charge in [0, 0.05) is 43.0 Å². The zero-order valence-electron chi connectivity index (χ0n) is 57.9.